The summed E-state index contributed by atoms with van der Waals surface area (Å²) >= 11 is 5.16. The standard InChI is InChI=1S/C5H4ClF2N/c6-4-3-9-2-1-5(4,7)8/h1-4H. The molecule has 1 aliphatic heterocycles. The molecule has 0 saturated heterocycles. The van der Waals surface area contributed by atoms with Gasteiger partial charge in [0.1, 0.15) is 5.38 Å². The van der Waals surface area contributed by atoms with Crippen LogP contribution in [0.15, 0.2) is 17.3 Å². The molecule has 0 amide bonds. The van der Waals surface area contributed by atoms with Crippen LogP contribution in [0.5, 0.6) is 0 Å². The Morgan fingerprint density at radius 3 is 2.56 bits per heavy atom. The van der Waals surface area contributed by atoms with E-state index in [0.717, 1.165) is 12.4 Å². The third-order valence-electron chi connectivity index (χ3n) is 0.967. The molecule has 1 aliphatic rings. The van der Waals surface area contributed by atoms with Gasteiger partial charge < -0.3 is 0 Å². The first-order chi connectivity index (χ1) is 4.13. The van der Waals surface area contributed by atoms with Crippen LogP contribution in [0.4, 0.5) is 8.78 Å². The van der Waals surface area contributed by atoms with E-state index in [-0.39, 0.29) is 0 Å². The third-order valence-corrected chi connectivity index (χ3v) is 1.37. The number of hydrogen-bond donors (Lipinski definition) is 0. The summed E-state index contributed by atoms with van der Waals surface area (Å²) in [6.07, 6.45) is 2.74. The number of rotatable bonds is 0. The molecule has 50 valence electrons. The van der Waals surface area contributed by atoms with Gasteiger partial charge in [-0.1, -0.05) is 0 Å². The second-order valence-corrected chi connectivity index (χ2v) is 2.16. The zero-order chi connectivity index (χ0) is 6.91. The SMILES string of the molecule is FC1(F)C=CN=CC1Cl. The monoisotopic (exact) mass is 151 g/mol. The topological polar surface area (TPSA) is 12.4 Å². The summed E-state index contributed by atoms with van der Waals surface area (Å²) in [7, 11) is 0. The predicted octanol–water partition coefficient (Wildman–Crippen LogP) is 1.83. The highest BCUT2D eigenvalue weighted by molar-refractivity contribution is 6.29. The lowest BCUT2D eigenvalue weighted by molar-refractivity contribution is 0.0668. The lowest BCUT2D eigenvalue weighted by Gasteiger charge is -2.15. The summed E-state index contributed by atoms with van der Waals surface area (Å²) in [5.41, 5.74) is 0. The Labute approximate surface area is 56.0 Å². The Morgan fingerprint density at radius 2 is 2.22 bits per heavy atom. The van der Waals surface area contributed by atoms with Gasteiger partial charge in [-0.05, 0) is 0 Å². The molecule has 0 bridgehead atoms. The molecule has 0 aromatic rings. The molecule has 0 radical (unpaired) electrons. The highest BCUT2D eigenvalue weighted by atomic mass is 35.5. The van der Waals surface area contributed by atoms with E-state index in [2.05, 4.69) is 4.99 Å². The fourth-order valence-electron chi connectivity index (χ4n) is 0.459. The molecule has 0 aliphatic carbocycles. The van der Waals surface area contributed by atoms with Gasteiger partial charge in [-0.3, -0.25) is 4.99 Å². The van der Waals surface area contributed by atoms with Crippen LogP contribution in [-0.2, 0) is 0 Å². The van der Waals surface area contributed by atoms with Crippen LogP contribution in [0.25, 0.3) is 0 Å². The molecule has 0 spiro atoms. The Kier molecular flexibility index (Phi) is 1.53. The summed E-state index contributed by atoms with van der Waals surface area (Å²) < 4.78 is 24.6. The van der Waals surface area contributed by atoms with Crippen molar-refractivity contribution in [2.24, 2.45) is 4.99 Å². The maximum absolute atomic E-state index is 12.3. The van der Waals surface area contributed by atoms with Crippen LogP contribution >= 0.6 is 11.6 Å². The number of alkyl halides is 3. The van der Waals surface area contributed by atoms with E-state index in [1.807, 2.05) is 0 Å². The average Bonchev–Trinajstić information content (AvgIpc) is 1.77. The van der Waals surface area contributed by atoms with Crippen LogP contribution < -0.4 is 0 Å². The highest BCUT2D eigenvalue weighted by Crippen LogP contribution is 2.25. The normalized spacial score (nSPS) is 30.8. The Morgan fingerprint density at radius 1 is 1.56 bits per heavy atom. The average molecular weight is 152 g/mol. The van der Waals surface area contributed by atoms with Crippen LogP contribution in [0.3, 0.4) is 0 Å². The van der Waals surface area contributed by atoms with E-state index in [1.54, 1.807) is 0 Å². The van der Waals surface area contributed by atoms with E-state index in [4.69, 9.17) is 11.6 Å². The van der Waals surface area contributed by atoms with Crippen molar-refractivity contribution < 1.29 is 8.78 Å². The summed E-state index contributed by atoms with van der Waals surface area (Å²) in [5, 5.41) is -1.29. The lowest BCUT2D eigenvalue weighted by atomic mass is 10.2. The molecule has 0 aromatic carbocycles. The van der Waals surface area contributed by atoms with Crippen LogP contribution in [0, 0.1) is 0 Å². The van der Waals surface area contributed by atoms with Gasteiger partial charge in [-0.2, -0.15) is 8.78 Å². The van der Waals surface area contributed by atoms with Gasteiger partial charge in [0.05, 0.1) is 0 Å². The molecular weight excluding hydrogens is 148 g/mol. The Balaban J connectivity index is 2.78. The van der Waals surface area contributed by atoms with E-state index in [1.165, 1.54) is 0 Å². The minimum Gasteiger partial charge on any atom is -0.267 e. The largest absolute Gasteiger partial charge is 0.289 e. The van der Waals surface area contributed by atoms with Gasteiger partial charge in [0.2, 0.25) is 0 Å². The number of nitrogens with zero attached hydrogens (tertiary/aromatic N) is 1. The zero-order valence-corrected chi connectivity index (χ0v) is 5.15. The molecule has 9 heavy (non-hydrogen) atoms. The molecule has 1 atom stereocenters. The van der Waals surface area contributed by atoms with Gasteiger partial charge in [0.25, 0.3) is 5.92 Å². The van der Waals surface area contributed by atoms with Gasteiger partial charge in [-0.15, -0.1) is 11.6 Å². The van der Waals surface area contributed by atoms with Gasteiger partial charge in [-0.25, -0.2) is 0 Å². The van der Waals surface area contributed by atoms with Crippen molar-refractivity contribution in [1.29, 1.82) is 0 Å². The second-order valence-electron chi connectivity index (χ2n) is 1.69. The summed E-state index contributed by atoms with van der Waals surface area (Å²) in [5.74, 6) is -2.93. The Hall–Kier alpha value is -0.440. The summed E-state index contributed by atoms with van der Waals surface area (Å²) in [6, 6.07) is 0. The van der Waals surface area contributed by atoms with E-state index in [9.17, 15) is 8.78 Å². The molecule has 0 aromatic heterocycles. The minimum absolute atomic E-state index is 0.685. The van der Waals surface area contributed by atoms with Crippen molar-refractivity contribution >= 4 is 17.8 Å². The molecule has 1 heterocycles. The maximum Gasteiger partial charge on any atom is 0.289 e. The number of allylic oxidation sites excluding steroid dienone is 1. The molecule has 0 N–H and O–H groups in total. The number of halogens is 3. The Bertz CT molecular complexity index is 164. The van der Waals surface area contributed by atoms with Gasteiger partial charge in [0.15, 0.2) is 0 Å². The summed E-state index contributed by atoms with van der Waals surface area (Å²) in [4.78, 5) is 3.44. The van der Waals surface area contributed by atoms with Crippen molar-refractivity contribution in [1.82, 2.24) is 0 Å². The molecule has 0 fully saturated rings. The zero-order valence-electron chi connectivity index (χ0n) is 4.39. The van der Waals surface area contributed by atoms with Crippen LogP contribution in [-0.4, -0.2) is 17.5 Å². The first-order valence-corrected chi connectivity index (χ1v) is 2.79. The van der Waals surface area contributed by atoms with Crippen molar-refractivity contribution in [2.45, 2.75) is 11.3 Å². The van der Waals surface area contributed by atoms with Gasteiger partial charge in [0, 0.05) is 18.5 Å². The number of hydrogen-bond acceptors (Lipinski definition) is 1. The third kappa shape index (κ3) is 1.27. The van der Waals surface area contributed by atoms with Gasteiger partial charge >= 0.3 is 0 Å². The lowest BCUT2D eigenvalue weighted by Crippen LogP contribution is -2.29. The van der Waals surface area contributed by atoms with E-state index in [0.29, 0.717) is 6.08 Å². The van der Waals surface area contributed by atoms with Crippen molar-refractivity contribution in [2.75, 3.05) is 0 Å². The van der Waals surface area contributed by atoms with Crippen molar-refractivity contribution in [3.8, 4) is 0 Å². The minimum atomic E-state index is -2.93. The quantitative estimate of drug-likeness (QED) is 0.469. The van der Waals surface area contributed by atoms with E-state index < -0.39 is 11.3 Å². The van der Waals surface area contributed by atoms with Crippen LogP contribution in [0.2, 0.25) is 0 Å². The van der Waals surface area contributed by atoms with Crippen molar-refractivity contribution in [3.63, 3.8) is 0 Å². The fourth-order valence-corrected chi connectivity index (χ4v) is 0.597. The molecule has 0 saturated carbocycles. The fraction of sp³-hybridized carbons (Fsp3) is 0.400. The molecule has 1 nitrogen and oxygen atoms in total. The molecule has 1 rings (SSSR count). The first kappa shape index (κ1) is 6.68. The molecular formula is C5H4ClF2N. The van der Waals surface area contributed by atoms with Crippen molar-refractivity contribution in [3.05, 3.63) is 12.3 Å². The summed E-state index contributed by atoms with van der Waals surface area (Å²) in [6.45, 7) is 0. The predicted molar refractivity (Wildman–Crippen MR) is 32.2 cm³/mol. The number of aliphatic imine (C=N–C) groups is 1. The molecule has 4 heteroatoms. The second kappa shape index (κ2) is 2.06. The van der Waals surface area contributed by atoms with Crippen LogP contribution in [0.1, 0.15) is 0 Å². The maximum atomic E-state index is 12.3. The highest BCUT2D eigenvalue weighted by Gasteiger charge is 2.35. The first-order valence-electron chi connectivity index (χ1n) is 2.36. The smallest absolute Gasteiger partial charge is 0.267 e. The van der Waals surface area contributed by atoms with E-state index >= 15 is 0 Å². The molecule has 1 unspecified atom stereocenters.